The zero-order valence-electron chi connectivity index (χ0n) is 12.8. The smallest absolute Gasteiger partial charge is 0.0835 e. The molecule has 3 aromatic rings. The van der Waals surface area contributed by atoms with Gasteiger partial charge in [-0.25, -0.2) is 4.68 Å². The Labute approximate surface area is 135 Å². The molecule has 0 aliphatic carbocycles. The molecular weight excluding hydrogens is 294 g/mol. The summed E-state index contributed by atoms with van der Waals surface area (Å²) in [5.41, 5.74) is 5.65. The number of nitrogens with zero attached hydrogens (tertiary/aromatic N) is 3. The summed E-state index contributed by atoms with van der Waals surface area (Å²) in [6.45, 7) is 4.19. The van der Waals surface area contributed by atoms with Gasteiger partial charge in [0.05, 0.1) is 17.6 Å². The lowest BCUT2D eigenvalue weighted by atomic mass is 10.0. The maximum absolute atomic E-state index is 6.33. The van der Waals surface area contributed by atoms with Crippen molar-refractivity contribution in [3.05, 3.63) is 76.1 Å². The van der Waals surface area contributed by atoms with E-state index < -0.39 is 0 Å². The number of hydrogen-bond donors (Lipinski definition) is 0. The highest BCUT2D eigenvalue weighted by molar-refractivity contribution is 6.31. The third-order valence-electron chi connectivity index (χ3n) is 3.87. The van der Waals surface area contributed by atoms with Crippen molar-refractivity contribution in [2.75, 3.05) is 0 Å². The van der Waals surface area contributed by atoms with Gasteiger partial charge in [0.2, 0.25) is 0 Å². The monoisotopic (exact) mass is 311 g/mol. The van der Waals surface area contributed by atoms with Crippen LogP contribution in [0.15, 0.2) is 48.7 Å². The van der Waals surface area contributed by atoms with E-state index in [1.54, 1.807) is 4.68 Å². The molecule has 0 atom stereocenters. The minimum absolute atomic E-state index is 0.828. The highest BCUT2D eigenvalue weighted by Gasteiger charge is 2.07. The maximum Gasteiger partial charge on any atom is 0.0835 e. The average molecular weight is 312 g/mol. The zero-order chi connectivity index (χ0) is 15.5. The Balaban J connectivity index is 1.73. The minimum Gasteiger partial charge on any atom is -0.220 e. The Morgan fingerprint density at radius 2 is 1.73 bits per heavy atom. The van der Waals surface area contributed by atoms with Crippen LogP contribution < -0.4 is 0 Å². The van der Waals surface area contributed by atoms with E-state index in [-0.39, 0.29) is 0 Å². The van der Waals surface area contributed by atoms with E-state index in [4.69, 9.17) is 11.6 Å². The molecule has 0 radical (unpaired) electrons. The van der Waals surface area contributed by atoms with Crippen LogP contribution in [0, 0.1) is 13.8 Å². The van der Waals surface area contributed by atoms with Crippen molar-refractivity contribution in [1.29, 1.82) is 0 Å². The third-order valence-corrected chi connectivity index (χ3v) is 4.23. The number of benzene rings is 2. The minimum atomic E-state index is 0.828. The molecule has 1 heterocycles. The van der Waals surface area contributed by atoms with Crippen molar-refractivity contribution < 1.29 is 0 Å². The van der Waals surface area contributed by atoms with Gasteiger partial charge in [-0.3, -0.25) is 0 Å². The first kappa shape index (κ1) is 14.8. The van der Waals surface area contributed by atoms with Crippen LogP contribution >= 0.6 is 11.6 Å². The lowest BCUT2D eigenvalue weighted by Gasteiger charge is -2.07. The first-order valence-electron chi connectivity index (χ1n) is 7.36. The van der Waals surface area contributed by atoms with Crippen LogP contribution in [0.4, 0.5) is 0 Å². The second-order valence-corrected chi connectivity index (χ2v) is 5.93. The predicted molar refractivity (Wildman–Crippen MR) is 89.7 cm³/mol. The van der Waals surface area contributed by atoms with Crippen LogP contribution in [0.2, 0.25) is 5.02 Å². The van der Waals surface area contributed by atoms with Crippen molar-refractivity contribution in [3.63, 3.8) is 0 Å². The molecule has 0 fully saturated rings. The topological polar surface area (TPSA) is 30.7 Å². The molecule has 0 spiro atoms. The zero-order valence-corrected chi connectivity index (χ0v) is 13.5. The predicted octanol–water partition coefficient (Wildman–Crippen LogP) is 4.32. The normalized spacial score (nSPS) is 10.9. The molecule has 3 nitrogen and oxygen atoms in total. The van der Waals surface area contributed by atoms with E-state index >= 15 is 0 Å². The molecule has 0 aliphatic rings. The molecule has 22 heavy (non-hydrogen) atoms. The lowest BCUT2D eigenvalue weighted by molar-refractivity contribution is 0.794. The number of para-hydroxylation sites is 1. The molecule has 0 aliphatic heterocycles. The fraction of sp³-hybridized carbons (Fsp3) is 0.222. The lowest BCUT2D eigenvalue weighted by Crippen LogP contribution is -1.95. The van der Waals surface area contributed by atoms with Crippen LogP contribution in [0.5, 0.6) is 0 Å². The van der Waals surface area contributed by atoms with Crippen LogP contribution in [0.3, 0.4) is 0 Å². The number of aryl methyl sites for hydroxylation is 4. The number of rotatable bonds is 4. The highest BCUT2D eigenvalue weighted by Crippen LogP contribution is 2.22. The van der Waals surface area contributed by atoms with Crippen molar-refractivity contribution in [1.82, 2.24) is 15.0 Å². The second kappa shape index (κ2) is 6.32. The molecule has 3 rings (SSSR count). The Morgan fingerprint density at radius 1 is 1.00 bits per heavy atom. The van der Waals surface area contributed by atoms with E-state index in [2.05, 4.69) is 30.2 Å². The van der Waals surface area contributed by atoms with Crippen molar-refractivity contribution in [2.45, 2.75) is 26.7 Å². The molecule has 0 saturated heterocycles. The summed E-state index contributed by atoms with van der Waals surface area (Å²) in [5, 5.41) is 9.27. The van der Waals surface area contributed by atoms with Crippen molar-refractivity contribution in [2.24, 2.45) is 0 Å². The molecule has 112 valence electrons. The first-order valence-corrected chi connectivity index (χ1v) is 7.73. The summed E-state index contributed by atoms with van der Waals surface area (Å²) in [6, 6.07) is 14.2. The van der Waals surface area contributed by atoms with E-state index in [9.17, 15) is 0 Å². The van der Waals surface area contributed by atoms with Gasteiger partial charge in [0.1, 0.15) is 0 Å². The van der Waals surface area contributed by atoms with E-state index in [1.165, 1.54) is 16.7 Å². The van der Waals surface area contributed by atoms with Crippen LogP contribution in [-0.2, 0) is 12.8 Å². The summed E-state index contributed by atoms with van der Waals surface area (Å²) in [4.78, 5) is 0. The van der Waals surface area contributed by atoms with Gasteiger partial charge in [-0.05, 0) is 61.6 Å². The molecule has 0 N–H and O–H groups in total. The van der Waals surface area contributed by atoms with Gasteiger partial charge >= 0.3 is 0 Å². The second-order valence-electron chi connectivity index (χ2n) is 5.52. The molecular formula is C18H18ClN3. The Bertz CT molecular complexity index is 778. The fourth-order valence-corrected chi connectivity index (χ4v) is 2.73. The van der Waals surface area contributed by atoms with Gasteiger partial charge < -0.3 is 0 Å². The van der Waals surface area contributed by atoms with Gasteiger partial charge in [-0.15, -0.1) is 5.10 Å². The van der Waals surface area contributed by atoms with Gasteiger partial charge in [0.25, 0.3) is 0 Å². The fourth-order valence-electron chi connectivity index (χ4n) is 2.41. The number of halogens is 1. The molecule has 0 unspecified atom stereocenters. The van der Waals surface area contributed by atoms with Crippen LogP contribution in [0.25, 0.3) is 5.69 Å². The number of aromatic nitrogens is 3. The molecule has 4 heteroatoms. The largest absolute Gasteiger partial charge is 0.220 e. The maximum atomic E-state index is 6.33. The number of hydrogen-bond acceptors (Lipinski definition) is 2. The highest BCUT2D eigenvalue weighted by atomic mass is 35.5. The van der Waals surface area contributed by atoms with Crippen molar-refractivity contribution >= 4 is 11.6 Å². The average Bonchev–Trinajstić information content (AvgIpc) is 2.99. The molecule has 0 bridgehead atoms. The van der Waals surface area contributed by atoms with Gasteiger partial charge in [0, 0.05) is 5.02 Å². The van der Waals surface area contributed by atoms with Gasteiger partial charge in [-0.2, -0.15) is 0 Å². The first-order chi connectivity index (χ1) is 10.6. The molecule has 1 aromatic heterocycles. The summed E-state index contributed by atoms with van der Waals surface area (Å²) >= 11 is 6.33. The Morgan fingerprint density at radius 3 is 2.50 bits per heavy atom. The van der Waals surface area contributed by atoms with E-state index in [0.717, 1.165) is 29.2 Å². The molecule has 0 amide bonds. The van der Waals surface area contributed by atoms with E-state index in [1.807, 2.05) is 42.6 Å². The van der Waals surface area contributed by atoms with Gasteiger partial charge in [0.15, 0.2) is 0 Å². The Hall–Kier alpha value is -2.13. The van der Waals surface area contributed by atoms with Crippen LogP contribution in [0.1, 0.15) is 22.4 Å². The Kier molecular flexibility index (Phi) is 4.25. The molecule has 2 aromatic carbocycles. The van der Waals surface area contributed by atoms with Crippen molar-refractivity contribution in [3.8, 4) is 5.69 Å². The van der Waals surface area contributed by atoms with E-state index in [0.29, 0.717) is 0 Å². The summed E-state index contributed by atoms with van der Waals surface area (Å²) < 4.78 is 1.80. The quantitative estimate of drug-likeness (QED) is 0.718. The summed E-state index contributed by atoms with van der Waals surface area (Å²) in [6.07, 6.45) is 3.67. The molecule has 0 saturated carbocycles. The van der Waals surface area contributed by atoms with Crippen LogP contribution in [-0.4, -0.2) is 15.0 Å². The van der Waals surface area contributed by atoms with Gasteiger partial charge in [-0.1, -0.05) is 41.1 Å². The summed E-state index contributed by atoms with van der Waals surface area (Å²) in [5.74, 6) is 0. The summed E-state index contributed by atoms with van der Waals surface area (Å²) in [7, 11) is 0. The third kappa shape index (κ3) is 3.20. The SMILES string of the molecule is Cc1cc(Cl)c(CCc2cn(-c3ccccc3)nn2)cc1C. The standard InChI is InChI=1S/C18H18ClN3/c1-13-10-15(18(19)11-14(13)2)8-9-16-12-22(21-20-16)17-6-4-3-5-7-17/h3-7,10-12H,8-9H2,1-2H3.